The normalized spacial score (nSPS) is 42.6. The number of aliphatic hydroxyl groups excluding tert-OH is 2. The van der Waals surface area contributed by atoms with Crippen molar-refractivity contribution in [1.82, 2.24) is 0 Å². The van der Waals surface area contributed by atoms with Crippen LogP contribution < -0.4 is 0 Å². The van der Waals surface area contributed by atoms with Crippen LogP contribution in [0.5, 0.6) is 0 Å². The van der Waals surface area contributed by atoms with Crippen molar-refractivity contribution in [2.75, 3.05) is 0 Å². The first-order valence-corrected chi connectivity index (χ1v) is 3.42. The molecule has 1 fully saturated rings. The van der Waals surface area contributed by atoms with Crippen LogP contribution in [0.15, 0.2) is 0 Å². The van der Waals surface area contributed by atoms with Crippen molar-refractivity contribution in [2.45, 2.75) is 31.7 Å². The van der Waals surface area contributed by atoms with Crippen molar-refractivity contribution in [1.29, 1.82) is 0 Å². The number of rotatable bonds is 1. The Bertz CT molecular complexity index is 181. The molecule has 1 heterocycles. The average molecular weight is 178 g/mol. The lowest BCUT2D eigenvalue weighted by Gasteiger charge is -2.33. The van der Waals surface area contributed by atoms with Crippen molar-refractivity contribution in [3.63, 3.8) is 0 Å². The molecule has 1 saturated heterocycles. The smallest absolute Gasteiger partial charge is 0.338 e. The maximum absolute atomic E-state index is 10.4. The van der Waals surface area contributed by atoms with Gasteiger partial charge in [-0.05, 0) is 6.92 Å². The van der Waals surface area contributed by atoms with Gasteiger partial charge in [0.2, 0.25) is 6.10 Å². The first-order valence-electron chi connectivity index (χ1n) is 3.42. The highest BCUT2D eigenvalue weighted by Gasteiger charge is 2.39. The quantitative estimate of drug-likeness (QED) is 0.452. The standard InChI is InChI=1S/C6H10O6/c1-2-5(9)12-6(10)3(11-2)4(7)8/h2-3,5-6,9-10H,1H3,(H,7,8). The SMILES string of the molecule is CC1OC(C(=O)O)C(O)OC1O. The van der Waals surface area contributed by atoms with E-state index < -0.39 is 30.8 Å². The lowest BCUT2D eigenvalue weighted by atomic mass is 10.2. The molecule has 0 spiro atoms. The Morgan fingerprint density at radius 3 is 2.33 bits per heavy atom. The Kier molecular flexibility index (Phi) is 2.63. The van der Waals surface area contributed by atoms with Gasteiger partial charge in [0.25, 0.3) is 0 Å². The Hall–Kier alpha value is -0.690. The van der Waals surface area contributed by atoms with Crippen LogP contribution in [0.1, 0.15) is 6.92 Å². The first kappa shape index (κ1) is 9.40. The number of aliphatic carboxylic acids is 1. The Morgan fingerprint density at radius 2 is 1.83 bits per heavy atom. The van der Waals surface area contributed by atoms with E-state index in [1.54, 1.807) is 0 Å². The lowest BCUT2D eigenvalue weighted by Crippen LogP contribution is -2.51. The van der Waals surface area contributed by atoms with Gasteiger partial charge in [-0.2, -0.15) is 0 Å². The molecular formula is C6H10O6. The highest BCUT2D eigenvalue weighted by atomic mass is 16.7. The van der Waals surface area contributed by atoms with E-state index in [2.05, 4.69) is 4.74 Å². The minimum Gasteiger partial charge on any atom is -0.479 e. The predicted molar refractivity (Wildman–Crippen MR) is 35.1 cm³/mol. The van der Waals surface area contributed by atoms with Gasteiger partial charge in [-0.25, -0.2) is 4.79 Å². The number of carboxylic acid groups (broad SMARTS) is 1. The molecule has 4 atom stereocenters. The molecule has 12 heavy (non-hydrogen) atoms. The molecule has 1 aliphatic heterocycles. The van der Waals surface area contributed by atoms with Gasteiger partial charge in [0.05, 0.1) is 0 Å². The molecule has 0 aromatic rings. The van der Waals surface area contributed by atoms with E-state index in [9.17, 15) is 4.79 Å². The monoisotopic (exact) mass is 178 g/mol. The fraction of sp³-hybridized carbons (Fsp3) is 0.833. The van der Waals surface area contributed by atoms with Gasteiger partial charge in [0.15, 0.2) is 12.6 Å². The summed E-state index contributed by atoms with van der Waals surface area (Å²) in [6.07, 6.45) is -5.08. The van der Waals surface area contributed by atoms with Gasteiger partial charge in [0, 0.05) is 0 Å². The molecule has 1 rings (SSSR count). The number of aliphatic hydroxyl groups is 2. The summed E-state index contributed by atoms with van der Waals surface area (Å²) in [5.41, 5.74) is 0. The van der Waals surface area contributed by atoms with E-state index in [-0.39, 0.29) is 0 Å². The summed E-state index contributed by atoms with van der Waals surface area (Å²) in [5, 5.41) is 26.4. The highest BCUT2D eigenvalue weighted by Crippen LogP contribution is 2.17. The van der Waals surface area contributed by atoms with Crippen molar-refractivity contribution in [3.05, 3.63) is 0 Å². The summed E-state index contributed by atoms with van der Waals surface area (Å²) in [6.45, 7) is 1.45. The van der Waals surface area contributed by atoms with Gasteiger partial charge in [0.1, 0.15) is 6.10 Å². The highest BCUT2D eigenvalue weighted by molar-refractivity contribution is 5.72. The maximum Gasteiger partial charge on any atom is 0.338 e. The molecule has 6 nitrogen and oxygen atoms in total. The minimum absolute atomic E-state index is 0.755. The summed E-state index contributed by atoms with van der Waals surface area (Å²) in [6, 6.07) is 0. The minimum atomic E-state index is -1.62. The van der Waals surface area contributed by atoms with Crippen LogP contribution in [-0.2, 0) is 14.3 Å². The summed E-state index contributed by atoms with van der Waals surface area (Å²) < 4.78 is 9.23. The predicted octanol–water partition coefficient (Wildman–Crippen LogP) is -1.49. The van der Waals surface area contributed by atoms with E-state index in [1.165, 1.54) is 6.92 Å². The number of ether oxygens (including phenoxy) is 2. The molecule has 70 valence electrons. The van der Waals surface area contributed by atoms with Crippen molar-refractivity contribution in [3.8, 4) is 0 Å². The third kappa shape index (κ3) is 1.72. The molecule has 4 unspecified atom stereocenters. The second-order valence-corrected chi connectivity index (χ2v) is 2.52. The molecule has 0 radical (unpaired) electrons. The van der Waals surface area contributed by atoms with Crippen LogP contribution in [-0.4, -0.2) is 46.1 Å². The topological polar surface area (TPSA) is 96.2 Å². The lowest BCUT2D eigenvalue weighted by molar-refractivity contribution is -0.326. The third-order valence-corrected chi connectivity index (χ3v) is 1.54. The molecule has 0 aromatic carbocycles. The molecule has 0 amide bonds. The molecule has 0 saturated carbocycles. The summed E-state index contributed by atoms with van der Waals surface area (Å²) in [7, 11) is 0. The van der Waals surface area contributed by atoms with Crippen molar-refractivity contribution < 1.29 is 29.6 Å². The third-order valence-electron chi connectivity index (χ3n) is 1.54. The van der Waals surface area contributed by atoms with Crippen LogP contribution in [0.4, 0.5) is 0 Å². The number of carboxylic acids is 1. The average Bonchev–Trinajstić information content (AvgIpc) is 1.96. The van der Waals surface area contributed by atoms with Crippen molar-refractivity contribution in [2.24, 2.45) is 0 Å². The summed E-state index contributed by atoms with van der Waals surface area (Å²) in [4.78, 5) is 10.4. The van der Waals surface area contributed by atoms with Crippen molar-refractivity contribution >= 4 is 5.97 Å². The van der Waals surface area contributed by atoms with E-state index in [4.69, 9.17) is 20.1 Å². The maximum atomic E-state index is 10.4. The zero-order valence-electron chi connectivity index (χ0n) is 6.38. The van der Waals surface area contributed by atoms with Crippen LogP contribution in [0.25, 0.3) is 0 Å². The van der Waals surface area contributed by atoms with Gasteiger partial charge in [-0.3, -0.25) is 0 Å². The van der Waals surface area contributed by atoms with E-state index in [1.807, 2.05) is 0 Å². The second-order valence-electron chi connectivity index (χ2n) is 2.52. The Labute approximate surface area is 68.3 Å². The van der Waals surface area contributed by atoms with Crippen LogP contribution in [0.2, 0.25) is 0 Å². The number of hydrogen-bond acceptors (Lipinski definition) is 5. The van der Waals surface area contributed by atoms with Gasteiger partial charge < -0.3 is 24.8 Å². The molecule has 0 aromatic heterocycles. The van der Waals surface area contributed by atoms with E-state index in [0.29, 0.717) is 0 Å². The summed E-state index contributed by atoms with van der Waals surface area (Å²) in [5.74, 6) is -1.32. The molecule has 6 heteroatoms. The van der Waals surface area contributed by atoms with Crippen LogP contribution >= 0.6 is 0 Å². The number of hydrogen-bond donors (Lipinski definition) is 3. The van der Waals surface area contributed by atoms with Crippen LogP contribution in [0.3, 0.4) is 0 Å². The molecule has 1 aliphatic rings. The fourth-order valence-electron chi connectivity index (χ4n) is 0.871. The molecule has 0 bridgehead atoms. The first-order chi connectivity index (χ1) is 5.52. The fourth-order valence-corrected chi connectivity index (χ4v) is 0.871. The van der Waals surface area contributed by atoms with E-state index in [0.717, 1.165) is 0 Å². The Morgan fingerprint density at radius 1 is 1.25 bits per heavy atom. The van der Waals surface area contributed by atoms with Gasteiger partial charge in [-0.15, -0.1) is 0 Å². The zero-order chi connectivity index (χ0) is 9.30. The molecular weight excluding hydrogens is 168 g/mol. The largest absolute Gasteiger partial charge is 0.479 e. The van der Waals surface area contributed by atoms with Crippen LogP contribution in [0, 0.1) is 0 Å². The molecule has 3 N–H and O–H groups in total. The van der Waals surface area contributed by atoms with E-state index >= 15 is 0 Å². The Balaban J connectivity index is 2.61. The summed E-state index contributed by atoms with van der Waals surface area (Å²) >= 11 is 0. The number of carbonyl (C=O) groups is 1. The van der Waals surface area contributed by atoms with Gasteiger partial charge in [-0.1, -0.05) is 0 Å². The van der Waals surface area contributed by atoms with Gasteiger partial charge >= 0.3 is 5.97 Å². The zero-order valence-corrected chi connectivity index (χ0v) is 6.38. The second kappa shape index (κ2) is 3.36. The molecule has 0 aliphatic carbocycles.